The lowest BCUT2D eigenvalue weighted by Crippen LogP contribution is -2.51. The molecule has 0 saturated carbocycles. The maximum Gasteiger partial charge on any atom is 0.269 e. The van der Waals surface area contributed by atoms with Gasteiger partial charge < -0.3 is 4.90 Å². The number of hydrogen-bond donors (Lipinski definition) is 0. The van der Waals surface area contributed by atoms with Crippen molar-refractivity contribution in [2.75, 3.05) is 13.6 Å². The highest BCUT2D eigenvalue weighted by Crippen LogP contribution is 2.32. The molecule has 2 aliphatic heterocycles. The summed E-state index contributed by atoms with van der Waals surface area (Å²) in [7, 11) is 2.08. The maximum absolute atomic E-state index is 12.5. The molecule has 0 aromatic carbocycles. The molecular formula is C16H27N3O. The lowest BCUT2D eigenvalue weighted by Gasteiger charge is -2.43. The molecule has 4 nitrogen and oxygen atoms in total. The second-order valence-corrected chi connectivity index (χ2v) is 7.02. The van der Waals surface area contributed by atoms with E-state index in [1.54, 1.807) is 0 Å². The van der Waals surface area contributed by atoms with Crippen molar-refractivity contribution in [3.63, 3.8) is 0 Å². The van der Waals surface area contributed by atoms with Gasteiger partial charge in [-0.2, -0.15) is 0 Å². The molecule has 0 spiro atoms. The van der Waals surface area contributed by atoms with Crippen LogP contribution in [0, 0.1) is 11.8 Å². The van der Waals surface area contributed by atoms with E-state index in [4.69, 9.17) is 0 Å². The maximum atomic E-state index is 12.5. The second kappa shape index (κ2) is 5.32. The fourth-order valence-electron chi connectivity index (χ4n) is 2.76. The fraction of sp³-hybridized carbons (Fsp3) is 0.750. The SMILES string of the molecule is CC1CN(C)C2C/C1=C\N(C(C)(C)C(C)C)C(=O)C=N2. The standard InChI is InChI=1S/C16H27N3O/c1-11(2)16(4,5)19-10-13-7-14(17-8-15(19)20)18(6)9-12(13)3/h8,10-12,14H,7,9H2,1-6H3/b13-10+,17-8?. The van der Waals surface area contributed by atoms with Crippen LogP contribution >= 0.6 is 0 Å². The Kier molecular flexibility index (Phi) is 4.05. The lowest BCUT2D eigenvalue weighted by atomic mass is 9.86. The van der Waals surface area contributed by atoms with Crippen LogP contribution in [0.4, 0.5) is 0 Å². The largest absolute Gasteiger partial charge is 0.308 e. The van der Waals surface area contributed by atoms with Gasteiger partial charge in [-0.1, -0.05) is 20.8 Å². The van der Waals surface area contributed by atoms with E-state index in [0.29, 0.717) is 11.8 Å². The molecule has 0 N–H and O–H groups in total. The number of amides is 1. The van der Waals surface area contributed by atoms with Crippen molar-refractivity contribution in [1.82, 2.24) is 9.80 Å². The predicted molar refractivity (Wildman–Crippen MR) is 82.5 cm³/mol. The van der Waals surface area contributed by atoms with E-state index in [0.717, 1.165) is 13.0 Å². The van der Waals surface area contributed by atoms with Crippen molar-refractivity contribution in [1.29, 1.82) is 0 Å². The minimum atomic E-state index is -0.202. The van der Waals surface area contributed by atoms with Crippen molar-refractivity contribution in [3.05, 3.63) is 11.8 Å². The third kappa shape index (κ3) is 2.66. The summed E-state index contributed by atoms with van der Waals surface area (Å²) in [6, 6.07) is 0. The Hall–Kier alpha value is -1.16. The Morgan fingerprint density at radius 3 is 2.65 bits per heavy atom. The minimum absolute atomic E-state index is 0.00611. The molecule has 1 saturated heterocycles. The summed E-state index contributed by atoms with van der Waals surface area (Å²) in [6.07, 6.45) is 4.64. The van der Waals surface area contributed by atoms with Gasteiger partial charge in [0, 0.05) is 24.7 Å². The molecule has 20 heavy (non-hydrogen) atoms. The molecule has 2 aliphatic rings. The Labute approximate surface area is 122 Å². The van der Waals surface area contributed by atoms with Crippen molar-refractivity contribution in [2.45, 2.75) is 52.7 Å². The number of carbonyl (C=O) groups is 1. The summed E-state index contributed by atoms with van der Waals surface area (Å²) in [5, 5.41) is 0. The predicted octanol–water partition coefficient (Wildman–Crippen LogP) is 2.52. The van der Waals surface area contributed by atoms with Gasteiger partial charge in [-0.25, -0.2) is 0 Å². The number of nitrogens with zero attached hydrogens (tertiary/aromatic N) is 3. The van der Waals surface area contributed by atoms with Gasteiger partial charge in [-0.05, 0) is 38.3 Å². The van der Waals surface area contributed by atoms with Crippen LogP contribution in [-0.4, -0.2) is 47.2 Å². The Morgan fingerprint density at radius 2 is 2.05 bits per heavy atom. The topological polar surface area (TPSA) is 35.9 Å². The molecule has 2 rings (SSSR count). The lowest BCUT2D eigenvalue weighted by molar-refractivity contribution is -0.126. The smallest absolute Gasteiger partial charge is 0.269 e. The molecule has 1 amide bonds. The van der Waals surface area contributed by atoms with Gasteiger partial charge >= 0.3 is 0 Å². The van der Waals surface area contributed by atoms with Crippen molar-refractivity contribution >= 4 is 12.1 Å². The van der Waals surface area contributed by atoms with E-state index in [1.165, 1.54) is 11.8 Å². The van der Waals surface area contributed by atoms with E-state index in [-0.39, 0.29) is 17.6 Å². The zero-order valence-corrected chi connectivity index (χ0v) is 13.6. The summed E-state index contributed by atoms with van der Waals surface area (Å²) in [5.41, 5.74) is 1.14. The molecule has 2 heterocycles. The van der Waals surface area contributed by atoms with Crippen LogP contribution in [-0.2, 0) is 4.79 Å². The number of rotatable bonds is 2. The number of piperidine rings is 1. The summed E-state index contributed by atoms with van der Waals surface area (Å²) in [6.45, 7) is 11.8. The van der Waals surface area contributed by atoms with Crippen molar-refractivity contribution < 1.29 is 4.79 Å². The van der Waals surface area contributed by atoms with Gasteiger partial charge in [0.2, 0.25) is 0 Å². The molecule has 2 unspecified atom stereocenters. The van der Waals surface area contributed by atoms with Crippen LogP contribution in [0.2, 0.25) is 0 Å². The minimum Gasteiger partial charge on any atom is -0.308 e. The molecule has 2 atom stereocenters. The molecule has 4 heteroatoms. The van der Waals surface area contributed by atoms with Gasteiger partial charge in [-0.15, -0.1) is 0 Å². The highest BCUT2D eigenvalue weighted by atomic mass is 16.2. The monoisotopic (exact) mass is 277 g/mol. The number of likely N-dealkylation sites (tertiary alicyclic amines) is 1. The van der Waals surface area contributed by atoms with Crippen LogP contribution < -0.4 is 0 Å². The number of carbonyl (C=O) groups excluding carboxylic acids is 1. The quantitative estimate of drug-likeness (QED) is 0.777. The van der Waals surface area contributed by atoms with Crippen LogP contribution in [0.5, 0.6) is 0 Å². The van der Waals surface area contributed by atoms with E-state index < -0.39 is 0 Å². The van der Waals surface area contributed by atoms with E-state index in [9.17, 15) is 4.79 Å². The second-order valence-electron chi connectivity index (χ2n) is 7.02. The molecule has 2 bridgehead atoms. The van der Waals surface area contributed by atoms with Gasteiger partial charge in [0.1, 0.15) is 6.17 Å². The van der Waals surface area contributed by atoms with Gasteiger partial charge in [0.15, 0.2) is 0 Å². The molecule has 112 valence electrons. The summed E-state index contributed by atoms with van der Waals surface area (Å²) in [5.74, 6) is 0.852. The van der Waals surface area contributed by atoms with Crippen LogP contribution in [0.15, 0.2) is 16.8 Å². The molecule has 0 radical (unpaired) electrons. The van der Waals surface area contributed by atoms with Crippen molar-refractivity contribution in [3.8, 4) is 0 Å². The Bertz CT molecular complexity index is 451. The Balaban J connectivity index is 2.40. The van der Waals surface area contributed by atoms with E-state index in [2.05, 4.69) is 57.8 Å². The van der Waals surface area contributed by atoms with Gasteiger partial charge in [0.25, 0.3) is 5.91 Å². The number of aliphatic imine (C=N–C) groups is 1. The average Bonchev–Trinajstić information content (AvgIpc) is 2.33. The third-order valence-electron chi connectivity index (χ3n) is 5.05. The first kappa shape index (κ1) is 15.2. The van der Waals surface area contributed by atoms with Crippen LogP contribution in [0.3, 0.4) is 0 Å². The fourth-order valence-corrected chi connectivity index (χ4v) is 2.76. The van der Waals surface area contributed by atoms with E-state index >= 15 is 0 Å². The molecule has 0 aromatic heterocycles. The summed E-state index contributed by atoms with van der Waals surface area (Å²) >= 11 is 0. The first-order valence-electron chi connectivity index (χ1n) is 7.50. The summed E-state index contributed by atoms with van der Waals surface area (Å²) < 4.78 is 0. The van der Waals surface area contributed by atoms with Crippen LogP contribution in [0.1, 0.15) is 41.0 Å². The third-order valence-corrected chi connectivity index (χ3v) is 5.05. The Morgan fingerprint density at radius 1 is 1.40 bits per heavy atom. The first-order chi connectivity index (χ1) is 9.23. The molecule has 0 aliphatic carbocycles. The van der Waals surface area contributed by atoms with Gasteiger partial charge in [0.05, 0.1) is 6.21 Å². The first-order valence-corrected chi connectivity index (χ1v) is 7.50. The zero-order chi connectivity index (χ0) is 15.1. The average molecular weight is 277 g/mol. The highest BCUT2D eigenvalue weighted by Gasteiger charge is 2.35. The highest BCUT2D eigenvalue weighted by molar-refractivity contribution is 6.26. The molecule has 0 aromatic rings. The molecule has 1 fully saturated rings. The molecular weight excluding hydrogens is 250 g/mol. The number of hydrogen-bond acceptors (Lipinski definition) is 3. The normalized spacial score (nSPS) is 31.1. The van der Waals surface area contributed by atoms with Crippen molar-refractivity contribution in [2.24, 2.45) is 16.8 Å². The van der Waals surface area contributed by atoms with Crippen LogP contribution in [0.25, 0.3) is 0 Å². The van der Waals surface area contributed by atoms with E-state index in [1.807, 2.05) is 4.90 Å². The zero-order valence-electron chi connectivity index (χ0n) is 13.6. The van der Waals surface area contributed by atoms with Gasteiger partial charge in [-0.3, -0.25) is 14.7 Å². The number of fused-ring (bicyclic) bond motifs is 2. The summed E-state index contributed by atoms with van der Waals surface area (Å²) in [4.78, 5) is 21.1.